The van der Waals surface area contributed by atoms with Crippen molar-refractivity contribution < 1.29 is 4.74 Å². The van der Waals surface area contributed by atoms with Crippen molar-refractivity contribution in [2.24, 2.45) is 5.92 Å². The Kier molecular flexibility index (Phi) is 1.12. The highest BCUT2D eigenvalue weighted by atomic mass is 16.6. The molecule has 0 aromatic heterocycles. The summed E-state index contributed by atoms with van der Waals surface area (Å²) in [5.74, 6) is 0.750. The van der Waals surface area contributed by atoms with Crippen LogP contribution in [0.5, 0.6) is 0 Å². The molecule has 0 N–H and O–H groups in total. The molecular formula is C8H12O. The van der Waals surface area contributed by atoms with Crippen molar-refractivity contribution in [3.63, 3.8) is 0 Å². The molecule has 1 heterocycles. The van der Waals surface area contributed by atoms with E-state index < -0.39 is 0 Å². The van der Waals surface area contributed by atoms with Crippen LogP contribution < -0.4 is 0 Å². The molecule has 1 saturated heterocycles. The number of ether oxygens (including phenoxy) is 1. The predicted octanol–water partition coefficient (Wildman–Crippen LogP) is 1.74. The minimum Gasteiger partial charge on any atom is -0.369 e. The topological polar surface area (TPSA) is 12.5 Å². The van der Waals surface area contributed by atoms with Gasteiger partial charge in [0.2, 0.25) is 0 Å². The summed E-state index contributed by atoms with van der Waals surface area (Å²) in [5.41, 5.74) is 0. The molecule has 1 fully saturated rings. The van der Waals surface area contributed by atoms with E-state index in [0.717, 1.165) is 5.92 Å². The van der Waals surface area contributed by atoms with Gasteiger partial charge in [0.15, 0.2) is 0 Å². The van der Waals surface area contributed by atoms with Crippen molar-refractivity contribution in [3.8, 4) is 0 Å². The van der Waals surface area contributed by atoms with Crippen LogP contribution in [-0.2, 0) is 4.74 Å². The van der Waals surface area contributed by atoms with Gasteiger partial charge < -0.3 is 4.74 Å². The van der Waals surface area contributed by atoms with Crippen LogP contribution in [0.2, 0.25) is 0 Å². The number of epoxide rings is 1. The Labute approximate surface area is 55.7 Å². The Balaban J connectivity index is 1.92. The maximum absolute atomic E-state index is 5.35. The predicted molar refractivity (Wildman–Crippen MR) is 36.2 cm³/mol. The first-order valence-electron chi connectivity index (χ1n) is 3.70. The van der Waals surface area contributed by atoms with E-state index in [4.69, 9.17) is 4.74 Å². The molecule has 0 bridgehead atoms. The molecule has 0 aromatic carbocycles. The second-order valence-electron chi connectivity index (χ2n) is 2.98. The summed E-state index contributed by atoms with van der Waals surface area (Å²) >= 11 is 0. The zero-order valence-electron chi connectivity index (χ0n) is 5.71. The molecule has 1 aliphatic carbocycles. The summed E-state index contributed by atoms with van der Waals surface area (Å²) in [6.07, 6.45) is 8.25. The molecule has 0 saturated carbocycles. The van der Waals surface area contributed by atoms with E-state index in [9.17, 15) is 0 Å². The lowest BCUT2D eigenvalue weighted by Crippen LogP contribution is -2.02. The van der Waals surface area contributed by atoms with Gasteiger partial charge >= 0.3 is 0 Å². The van der Waals surface area contributed by atoms with E-state index in [-0.39, 0.29) is 0 Å². The largest absolute Gasteiger partial charge is 0.369 e. The van der Waals surface area contributed by atoms with Gasteiger partial charge in [0.1, 0.15) is 0 Å². The summed E-state index contributed by atoms with van der Waals surface area (Å²) in [5, 5.41) is 0. The molecule has 0 spiro atoms. The number of hydrogen-bond donors (Lipinski definition) is 0. The summed E-state index contributed by atoms with van der Waals surface area (Å²) in [7, 11) is 0. The van der Waals surface area contributed by atoms with Gasteiger partial charge in [-0.1, -0.05) is 12.2 Å². The number of allylic oxidation sites excluding steroid dienone is 1. The maximum atomic E-state index is 5.35. The van der Waals surface area contributed by atoms with E-state index >= 15 is 0 Å². The third-order valence-corrected chi connectivity index (χ3v) is 2.23. The van der Waals surface area contributed by atoms with Gasteiger partial charge in [-0.05, 0) is 19.8 Å². The number of hydrogen-bond acceptors (Lipinski definition) is 1. The highest BCUT2D eigenvalue weighted by Gasteiger charge is 2.40. The van der Waals surface area contributed by atoms with Crippen LogP contribution >= 0.6 is 0 Å². The van der Waals surface area contributed by atoms with Crippen molar-refractivity contribution in [1.82, 2.24) is 0 Å². The molecular weight excluding hydrogens is 112 g/mol. The van der Waals surface area contributed by atoms with Crippen LogP contribution in [0.15, 0.2) is 12.2 Å². The summed E-state index contributed by atoms with van der Waals surface area (Å²) in [4.78, 5) is 0. The quantitative estimate of drug-likeness (QED) is 0.383. The van der Waals surface area contributed by atoms with Gasteiger partial charge in [0.25, 0.3) is 0 Å². The SMILES string of the molecule is CC1OC1C1C=CCC1. The van der Waals surface area contributed by atoms with Gasteiger partial charge in [-0.15, -0.1) is 0 Å². The van der Waals surface area contributed by atoms with Crippen LogP contribution in [0, 0.1) is 5.92 Å². The van der Waals surface area contributed by atoms with Gasteiger partial charge in [-0.25, -0.2) is 0 Å². The van der Waals surface area contributed by atoms with E-state index in [2.05, 4.69) is 19.1 Å². The maximum Gasteiger partial charge on any atom is 0.0901 e. The fourth-order valence-corrected chi connectivity index (χ4v) is 1.58. The standard InChI is InChI=1S/C8H12O/c1-6-8(9-6)7-4-2-3-5-7/h2,4,6-8H,3,5H2,1H3. The normalized spacial score (nSPS) is 47.9. The minimum atomic E-state index is 0.540. The fourth-order valence-electron chi connectivity index (χ4n) is 1.58. The molecule has 0 radical (unpaired) electrons. The van der Waals surface area contributed by atoms with E-state index in [1.54, 1.807) is 0 Å². The van der Waals surface area contributed by atoms with E-state index in [1.807, 2.05) is 0 Å². The molecule has 0 amide bonds. The average Bonchev–Trinajstić information content (AvgIpc) is 2.44. The van der Waals surface area contributed by atoms with Crippen LogP contribution in [0.4, 0.5) is 0 Å². The third kappa shape index (κ3) is 0.897. The van der Waals surface area contributed by atoms with Crippen molar-refractivity contribution in [2.75, 3.05) is 0 Å². The molecule has 1 aliphatic heterocycles. The zero-order chi connectivity index (χ0) is 6.27. The lowest BCUT2D eigenvalue weighted by molar-refractivity contribution is 0.342. The lowest BCUT2D eigenvalue weighted by Gasteiger charge is -1.98. The zero-order valence-corrected chi connectivity index (χ0v) is 5.71. The Morgan fingerprint density at radius 2 is 2.33 bits per heavy atom. The Morgan fingerprint density at radius 3 is 2.78 bits per heavy atom. The first-order chi connectivity index (χ1) is 4.38. The summed E-state index contributed by atoms with van der Waals surface area (Å²) < 4.78 is 5.35. The minimum absolute atomic E-state index is 0.540. The van der Waals surface area contributed by atoms with Crippen LogP contribution in [-0.4, -0.2) is 12.2 Å². The molecule has 2 aliphatic rings. The van der Waals surface area contributed by atoms with Crippen LogP contribution in [0.1, 0.15) is 19.8 Å². The van der Waals surface area contributed by atoms with Gasteiger partial charge in [0.05, 0.1) is 12.2 Å². The molecule has 50 valence electrons. The van der Waals surface area contributed by atoms with E-state index in [0.29, 0.717) is 12.2 Å². The third-order valence-electron chi connectivity index (χ3n) is 2.23. The average molecular weight is 124 g/mol. The van der Waals surface area contributed by atoms with Crippen molar-refractivity contribution >= 4 is 0 Å². The Morgan fingerprint density at radius 1 is 1.56 bits per heavy atom. The highest BCUT2D eigenvalue weighted by molar-refractivity contribution is 5.04. The Bertz CT molecular complexity index is 140. The Hall–Kier alpha value is -0.300. The lowest BCUT2D eigenvalue weighted by atomic mass is 10.0. The first-order valence-corrected chi connectivity index (χ1v) is 3.70. The molecule has 3 atom stereocenters. The summed E-state index contributed by atoms with van der Waals surface area (Å²) in [6.45, 7) is 2.15. The molecule has 0 aromatic rings. The molecule has 9 heavy (non-hydrogen) atoms. The van der Waals surface area contributed by atoms with Gasteiger partial charge in [-0.3, -0.25) is 0 Å². The van der Waals surface area contributed by atoms with Crippen molar-refractivity contribution in [2.45, 2.75) is 32.0 Å². The smallest absolute Gasteiger partial charge is 0.0901 e. The number of rotatable bonds is 1. The van der Waals surface area contributed by atoms with E-state index in [1.165, 1.54) is 12.8 Å². The molecule has 3 unspecified atom stereocenters. The molecule has 1 nitrogen and oxygen atoms in total. The first kappa shape index (κ1) is 5.48. The van der Waals surface area contributed by atoms with Gasteiger partial charge in [-0.2, -0.15) is 0 Å². The second kappa shape index (κ2) is 1.84. The van der Waals surface area contributed by atoms with Crippen LogP contribution in [0.25, 0.3) is 0 Å². The second-order valence-corrected chi connectivity index (χ2v) is 2.98. The van der Waals surface area contributed by atoms with Crippen molar-refractivity contribution in [1.29, 1.82) is 0 Å². The van der Waals surface area contributed by atoms with Gasteiger partial charge in [0, 0.05) is 5.92 Å². The molecule has 2 rings (SSSR count). The van der Waals surface area contributed by atoms with Crippen molar-refractivity contribution in [3.05, 3.63) is 12.2 Å². The fraction of sp³-hybridized carbons (Fsp3) is 0.750. The van der Waals surface area contributed by atoms with Crippen LogP contribution in [0.3, 0.4) is 0 Å². The molecule has 1 heteroatoms. The highest BCUT2D eigenvalue weighted by Crippen LogP contribution is 2.35. The summed E-state index contributed by atoms with van der Waals surface area (Å²) in [6, 6.07) is 0. The monoisotopic (exact) mass is 124 g/mol.